The number of ketones is 1. The van der Waals surface area contributed by atoms with Crippen molar-refractivity contribution in [2.75, 3.05) is 27.7 Å². The lowest BCUT2D eigenvalue weighted by Gasteiger charge is -2.30. The molecule has 0 saturated carbocycles. The van der Waals surface area contributed by atoms with Gasteiger partial charge in [-0.15, -0.1) is 0 Å². The smallest absolute Gasteiger partial charge is 0.166 e. The van der Waals surface area contributed by atoms with Gasteiger partial charge in [-0.05, 0) is 18.9 Å². The molecule has 0 bridgehead atoms. The molecule has 0 aliphatic heterocycles. The van der Waals surface area contributed by atoms with Crippen molar-refractivity contribution in [3.05, 3.63) is 12.2 Å². The molecule has 0 fully saturated rings. The van der Waals surface area contributed by atoms with Crippen molar-refractivity contribution in [2.24, 2.45) is 5.92 Å². The summed E-state index contributed by atoms with van der Waals surface area (Å²) < 4.78 is 0.376. The lowest BCUT2D eigenvalue weighted by molar-refractivity contribution is -0.873. The number of rotatable bonds is 20. The van der Waals surface area contributed by atoms with Crippen molar-refractivity contribution in [1.29, 1.82) is 0 Å². The number of likely N-dealkylation sites (N-methyl/N-ethyl adjacent to an activating group) is 1. The van der Waals surface area contributed by atoms with Crippen LogP contribution in [0.1, 0.15) is 96.8 Å². The third-order valence-electron chi connectivity index (χ3n) is 5.44. The zero-order valence-corrected chi connectivity index (χ0v) is 20.0. The molecule has 0 aromatic rings. The molecule has 0 aromatic carbocycles. The maximum Gasteiger partial charge on any atom is 0.166 e. The number of quaternary nitrogens is 1. The van der Waals surface area contributed by atoms with E-state index in [-0.39, 0.29) is 6.54 Å². The highest BCUT2D eigenvalue weighted by Crippen LogP contribution is 2.14. The Balaban J connectivity index is 3.81. The van der Waals surface area contributed by atoms with Gasteiger partial charge in [0, 0.05) is 0 Å². The van der Waals surface area contributed by atoms with Gasteiger partial charge in [-0.2, -0.15) is 0 Å². The molecule has 176 valence electrons. The molecule has 30 heavy (non-hydrogen) atoms. The Kier molecular flexibility index (Phi) is 16.8. The molecule has 0 aliphatic carbocycles. The molecule has 2 unspecified atom stereocenters. The van der Waals surface area contributed by atoms with Gasteiger partial charge in [0.05, 0.1) is 33.0 Å². The molecule has 0 spiro atoms. The highest BCUT2D eigenvalue weighted by atomic mass is 16.4. The quantitative estimate of drug-likeness (QED) is 0.138. The van der Waals surface area contributed by atoms with E-state index in [4.69, 9.17) is 0 Å². The van der Waals surface area contributed by atoms with Crippen LogP contribution < -0.4 is 5.11 Å². The number of carboxylic acids is 1. The van der Waals surface area contributed by atoms with Gasteiger partial charge in [-0.3, -0.25) is 4.79 Å². The van der Waals surface area contributed by atoms with E-state index in [1.807, 2.05) is 21.1 Å². The Morgan fingerprint density at radius 3 is 1.67 bits per heavy atom. The minimum Gasteiger partial charge on any atom is -0.549 e. The van der Waals surface area contributed by atoms with Gasteiger partial charge in [0.25, 0.3) is 0 Å². The third-order valence-corrected chi connectivity index (χ3v) is 5.44. The Bertz CT molecular complexity index is 482. The van der Waals surface area contributed by atoms with E-state index in [9.17, 15) is 19.8 Å². The van der Waals surface area contributed by atoms with E-state index in [2.05, 4.69) is 6.92 Å². The Hall–Kier alpha value is -1.20. The summed E-state index contributed by atoms with van der Waals surface area (Å²) in [5.41, 5.74) is 0. The summed E-state index contributed by atoms with van der Waals surface area (Å²) in [7, 11) is 5.51. The van der Waals surface area contributed by atoms with Crippen LogP contribution in [0.2, 0.25) is 0 Å². The molecular formula is C25H47NO4. The number of aliphatic carboxylic acids is 1. The molecular weight excluding hydrogens is 378 g/mol. The second-order valence-electron chi connectivity index (χ2n) is 9.67. The van der Waals surface area contributed by atoms with Gasteiger partial charge in [0.1, 0.15) is 12.6 Å². The van der Waals surface area contributed by atoms with Crippen LogP contribution in [0.15, 0.2) is 12.2 Å². The van der Waals surface area contributed by atoms with Crippen molar-refractivity contribution in [3.63, 3.8) is 0 Å². The van der Waals surface area contributed by atoms with E-state index in [0.29, 0.717) is 4.48 Å². The van der Waals surface area contributed by atoms with E-state index < -0.39 is 23.8 Å². The van der Waals surface area contributed by atoms with Gasteiger partial charge in [-0.1, -0.05) is 90.0 Å². The lowest BCUT2D eigenvalue weighted by atomic mass is 9.96. The first-order chi connectivity index (χ1) is 14.2. The second-order valence-corrected chi connectivity index (χ2v) is 9.67. The summed E-state index contributed by atoms with van der Waals surface area (Å²) in [4.78, 5) is 23.5. The number of nitrogens with zero attached hydrogens (tertiary/aromatic N) is 1. The molecule has 0 radical (unpaired) electrons. The number of carboxylic acid groups (broad SMARTS) is 1. The zero-order valence-electron chi connectivity index (χ0n) is 20.0. The number of carbonyl (C=O) groups excluding carboxylic acids is 2. The molecule has 0 aliphatic rings. The Morgan fingerprint density at radius 2 is 1.27 bits per heavy atom. The van der Waals surface area contributed by atoms with E-state index in [1.54, 1.807) is 6.08 Å². The van der Waals surface area contributed by atoms with Crippen molar-refractivity contribution in [3.8, 4) is 0 Å². The van der Waals surface area contributed by atoms with Crippen molar-refractivity contribution in [1.82, 2.24) is 0 Å². The number of aliphatic hydroxyl groups is 1. The minimum atomic E-state index is -1.51. The normalized spacial score (nSPS) is 14.2. The second kappa shape index (κ2) is 17.5. The van der Waals surface area contributed by atoms with Gasteiger partial charge in [0.15, 0.2) is 5.78 Å². The van der Waals surface area contributed by atoms with Crippen LogP contribution in [0.5, 0.6) is 0 Å². The van der Waals surface area contributed by atoms with Crippen molar-refractivity contribution >= 4 is 11.8 Å². The van der Waals surface area contributed by atoms with Gasteiger partial charge in [-0.25, -0.2) is 0 Å². The summed E-state index contributed by atoms with van der Waals surface area (Å²) in [6, 6.07) is 0. The highest BCUT2D eigenvalue weighted by Gasteiger charge is 2.30. The number of hydrogen-bond acceptors (Lipinski definition) is 4. The topological polar surface area (TPSA) is 77.4 Å². The van der Waals surface area contributed by atoms with E-state index >= 15 is 0 Å². The fraction of sp³-hybridized carbons (Fsp3) is 0.840. The Labute approximate surface area is 185 Å². The molecule has 0 heterocycles. The fourth-order valence-corrected chi connectivity index (χ4v) is 3.71. The molecule has 5 nitrogen and oxygen atoms in total. The molecule has 1 N–H and O–H groups in total. The van der Waals surface area contributed by atoms with Crippen molar-refractivity contribution in [2.45, 2.75) is 103 Å². The molecule has 2 atom stereocenters. The summed E-state index contributed by atoms with van der Waals surface area (Å²) in [5, 5.41) is 21.4. The number of carbonyl (C=O) groups is 2. The predicted molar refractivity (Wildman–Crippen MR) is 122 cm³/mol. The van der Waals surface area contributed by atoms with Gasteiger partial charge < -0.3 is 19.5 Å². The number of allylic oxidation sites excluding steroid dienone is 2. The molecule has 0 saturated heterocycles. The minimum absolute atomic E-state index is 0.178. The number of aliphatic hydroxyl groups excluding tert-OH is 1. The first-order valence-electron chi connectivity index (χ1n) is 12.1. The SMILES string of the molecule is CCCCCCCCCCCCCCC/C=C/C(=O)C(C(=O)[O-])C(O)C[N+](C)(C)C. The lowest BCUT2D eigenvalue weighted by Crippen LogP contribution is -2.50. The first-order valence-corrected chi connectivity index (χ1v) is 12.1. The molecule has 0 aromatic heterocycles. The van der Waals surface area contributed by atoms with Crippen LogP contribution in [0.4, 0.5) is 0 Å². The first kappa shape index (κ1) is 28.8. The molecule has 0 rings (SSSR count). The number of unbranched alkanes of at least 4 members (excludes halogenated alkanes) is 13. The summed E-state index contributed by atoms with van der Waals surface area (Å²) in [6.45, 7) is 2.43. The highest BCUT2D eigenvalue weighted by molar-refractivity contribution is 6.04. The van der Waals surface area contributed by atoms with Crippen LogP contribution in [0.25, 0.3) is 0 Å². The molecule has 0 amide bonds. The molecule has 5 heteroatoms. The standard InChI is InChI=1S/C25H47NO4/c1-5-6-7-8-9-10-11-12-13-14-15-16-17-18-19-20-22(27)24(25(29)30)23(28)21-26(2,3)4/h19-20,23-24,28H,5-18,21H2,1-4H3/b20-19+. The summed E-state index contributed by atoms with van der Waals surface area (Å²) in [6.07, 6.45) is 19.4. The largest absolute Gasteiger partial charge is 0.549 e. The van der Waals surface area contributed by atoms with Crippen LogP contribution in [-0.4, -0.2) is 55.1 Å². The third kappa shape index (κ3) is 16.6. The Morgan fingerprint density at radius 1 is 0.833 bits per heavy atom. The number of hydrogen-bond donors (Lipinski definition) is 1. The van der Waals surface area contributed by atoms with Crippen LogP contribution in [0.3, 0.4) is 0 Å². The van der Waals surface area contributed by atoms with Crippen LogP contribution >= 0.6 is 0 Å². The predicted octanol–water partition coefficient (Wildman–Crippen LogP) is 4.03. The zero-order chi connectivity index (χ0) is 22.8. The summed E-state index contributed by atoms with van der Waals surface area (Å²) in [5.74, 6) is -3.58. The maximum absolute atomic E-state index is 12.2. The monoisotopic (exact) mass is 425 g/mol. The van der Waals surface area contributed by atoms with Gasteiger partial charge in [0.2, 0.25) is 0 Å². The van der Waals surface area contributed by atoms with Gasteiger partial charge >= 0.3 is 0 Å². The fourth-order valence-electron chi connectivity index (χ4n) is 3.71. The average molecular weight is 426 g/mol. The summed E-state index contributed by atoms with van der Waals surface area (Å²) >= 11 is 0. The van der Waals surface area contributed by atoms with E-state index in [1.165, 1.54) is 76.7 Å². The van der Waals surface area contributed by atoms with Crippen molar-refractivity contribution < 1.29 is 24.3 Å². The van der Waals surface area contributed by atoms with E-state index in [0.717, 1.165) is 19.3 Å². The van der Waals surface area contributed by atoms with Crippen LogP contribution in [-0.2, 0) is 9.59 Å². The average Bonchev–Trinajstić information content (AvgIpc) is 2.63. The van der Waals surface area contributed by atoms with Crippen LogP contribution in [0, 0.1) is 5.92 Å². The maximum atomic E-state index is 12.2.